The molecule has 0 radical (unpaired) electrons. The molecular weight excluding hydrogens is 397 g/mol. The lowest BCUT2D eigenvalue weighted by Gasteiger charge is -2.10. The molecule has 4 rings (SSSR count). The predicted octanol–water partition coefficient (Wildman–Crippen LogP) is 4.88. The van der Waals surface area contributed by atoms with Gasteiger partial charge in [-0.15, -0.1) is 0 Å². The Bertz CT molecular complexity index is 1280. The molecule has 5 nitrogen and oxygen atoms in total. The molecule has 30 heavy (non-hydrogen) atoms. The molecule has 0 aliphatic rings. The van der Waals surface area contributed by atoms with Crippen molar-refractivity contribution in [1.29, 1.82) is 0 Å². The van der Waals surface area contributed by atoms with Crippen LogP contribution in [0.3, 0.4) is 0 Å². The maximum absolute atomic E-state index is 14.7. The van der Waals surface area contributed by atoms with Crippen LogP contribution in [0.5, 0.6) is 5.75 Å². The first-order chi connectivity index (χ1) is 14.4. The van der Waals surface area contributed by atoms with E-state index in [0.29, 0.717) is 11.3 Å². The monoisotopic (exact) mass is 412 g/mol. The van der Waals surface area contributed by atoms with Gasteiger partial charge in [-0.2, -0.15) is 5.10 Å². The summed E-state index contributed by atoms with van der Waals surface area (Å²) in [4.78, 5) is 11.1. The van der Waals surface area contributed by atoms with E-state index >= 15 is 0 Å². The molecule has 0 aliphatic carbocycles. The molecule has 0 saturated carbocycles. The summed E-state index contributed by atoms with van der Waals surface area (Å²) in [6.07, 6.45) is 0. The van der Waals surface area contributed by atoms with Crippen molar-refractivity contribution in [2.75, 3.05) is 7.11 Å². The second-order valence-corrected chi connectivity index (χ2v) is 6.56. The van der Waals surface area contributed by atoms with E-state index in [1.54, 1.807) is 12.1 Å². The second-order valence-electron chi connectivity index (χ2n) is 6.56. The molecule has 4 aromatic rings. The van der Waals surface area contributed by atoms with Gasteiger partial charge in [-0.3, -0.25) is 4.68 Å². The minimum absolute atomic E-state index is 0.00663. The van der Waals surface area contributed by atoms with Crippen LogP contribution in [0.1, 0.15) is 15.9 Å². The van der Waals surface area contributed by atoms with Crippen LogP contribution in [0.25, 0.3) is 22.2 Å². The number of carbonyl (C=O) groups is 1. The fourth-order valence-electron chi connectivity index (χ4n) is 3.37. The van der Waals surface area contributed by atoms with Crippen molar-refractivity contribution in [3.8, 4) is 17.0 Å². The normalized spacial score (nSPS) is 11.1. The van der Waals surface area contributed by atoms with Gasteiger partial charge < -0.3 is 9.84 Å². The maximum Gasteiger partial charge on any atom is 0.335 e. The van der Waals surface area contributed by atoms with Crippen LogP contribution in [-0.2, 0) is 6.54 Å². The first-order valence-electron chi connectivity index (χ1n) is 8.90. The molecule has 0 amide bonds. The largest absolute Gasteiger partial charge is 0.496 e. The van der Waals surface area contributed by atoms with E-state index in [-0.39, 0.29) is 34.3 Å². The highest BCUT2D eigenvalue weighted by molar-refractivity contribution is 5.95. The minimum atomic E-state index is -1.28. The van der Waals surface area contributed by atoms with E-state index in [9.17, 15) is 18.0 Å². The quantitative estimate of drug-likeness (QED) is 0.508. The highest BCUT2D eigenvalue weighted by atomic mass is 19.1. The molecule has 0 atom stereocenters. The third kappa shape index (κ3) is 3.26. The number of fused-ring (bicyclic) bond motifs is 1. The van der Waals surface area contributed by atoms with E-state index in [1.165, 1.54) is 48.2 Å². The Morgan fingerprint density at radius 2 is 1.77 bits per heavy atom. The zero-order chi connectivity index (χ0) is 21.4. The summed E-state index contributed by atoms with van der Waals surface area (Å²) in [5, 5.41) is 13.4. The summed E-state index contributed by atoms with van der Waals surface area (Å²) in [5.74, 6) is -2.99. The van der Waals surface area contributed by atoms with Crippen molar-refractivity contribution in [3.05, 3.63) is 83.2 Å². The molecule has 0 bridgehead atoms. The SMILES string of the molecule is COc1cccc(F)c1Cn1nc(-c2ccc(C(=O)O)cc2F)c2c(F)cccc21. The molecule has 1 aromatic heterocycles. The van der Waals surface area contributed by atoms with Crippen LogP contribution >= 0.6 is 0 Å². The number of nitrogens with zero attached hydrogens (tertiary/aromatic N) is 2. The number of carboxylic acid groups (broad SMARTS) is 1. The van der Waals surface area contributed by atoms with Gasteiger partial charge in [0.2, 0.25) is 0 Å². The lowest BCUT2D eigenvalue weighted by atomic mass is 10.0. The van der Waals surface area contributed by atoms with Gasteiger partial charge in [0.25, 0.3) is 0 Å². The van der Waals surface area contributed by atoms with Gasteiger partial charge in [-0.05, 0) is 42.5 Å². The van der Waals surface area contributed by atoms with Crippen molar-refractivity contribution in [3.63, 3.8) is 0 Å². The Labute approximate surface area is 168 Å². The molecule has 0 aliphatic heterocycles. The van der Waals surface area contributed by atoms with Gasteiger partial charge in [-0.1, -0.05) is 12.1 Å². The Morgan fingerprint density at radius 1 is 1.03 bits per heavy atom. The molecule has 0 unspecified atom stereocenters. The number of halogens is 3. The first-order valence-corrected chi connectivity index (χ1v) is 8.90. The summed E-state index contributed by atoms with van der Waals surface area (Å²) in [6, 6.07) is 11.9. The first kappa shape index (κ1) is 19.5. The predicted molar refractivity (Wildman–Crippen MR) is 104 cm³/mol. The Balaban J connectivity index is 1.91. The molecule has 0 spiro atoms. The second kappa shape index (κ2) is 7.55. The summed E-state index contributed by atoms with van der Waals surface area (Å²) >= 11 is 0. The van der Waals surface area contributed by atoms with Gasteiger partial charge in [0.05, 0.1) is 35.7 Å². The Morgan fingerprint density at radius 3 is 2.47 bits per heavy atom. The molecule has 1 N–H and O–H groups in total. The van der Waals surface area contributed by atoms with Crippen LogP contribution in [0.2, 0.25) is 0 Å². The van der Waals surface area contributed by atoms with E-state index < -0.39 is 23.4 Å². The fourth-order valence-corrected chi connectivity index (χ4v) is 3.37. The van der Waals surface area contributed by atoms with E-state index in [0.717, 1.165) is 6.07 Å². The van der Waals surface area contributed by atoms with Gasteiger partial charge in [0, 0.05) is 5.56 Å². The van der Waals surface area contributed by atoms with Crippen LogP contribution < -0.4 is 4.74 Å². The summed E-state index contributed by atoms with van der Waals surface area (Å²) in [7, 11) is 1.41. The zero-order valence-electron chi connectivity index (χ0n) is 15.7. The van der Waals surface area contributed by atoms with Crippen LogP contribution in [0.15, 0.2) is 54.6 Å². The van der Waals surface area contributed by atoms with Gasteiger partial charge in [-0.25, -0.2) is 18.0 Å². The Hall–Kier alpha value is -3.81. The number of hydrogen-bond donors (Lipinski definition) is 1. The molecule has 8 heteroatoms. The van der Waals surface area contributed by atoms with Crippen LogP contribution in [0.4, 0.5) is 13.2 Å². The van der Waals surface area contributed by atoms with Crippen molar-refractivity contribution < 1.29 is 27.8 Å². The number of rotatable bonds is 5. The van der Waals surface area contributed by atoms with Crippen molar-refractivity contribution in [2.24, 2.45) is 0 Å². The standard InChI is InChI=1S/C22H15F3N2O3/c1-30-19-7-3-4-15(23)14(19)11-27-18-6-2-5-16(24)20(18)21(26-27)13-9-8-12(22(28)29)10-17(13)25/h2-10H,11H2,1H3,(H,28,29). The molecule has 3 aromatic carbocycles. The smallest absolute Gasteiger partial charge is 0.335 e. The molecule has 0 saturated heterocycles. The molecule has 1 heterocycles. The summed E-state index contributed by atoms with van der Waals surface area (Å²) in [6.45, 7) is -0.0787. The van der Waals surface area contributed by atoms with E-state index in [2.05, 4.69) is 5.10 Å². The average molecular weight is 412 g/mol. The number of benzene rings is 3. The number of carboxylic acids is 1. The lowest BCUT2D eigenvalue weighted by Crippen LogP contribution is -2.06. The number of ether oxygens (including phenoxy) is 1. The molecule has 0 fully saturated rings. The number of aromatic nitrogens is 2. The van der Waals surface area contributed by atoms with Crippen LogP contribution in [-0.4, -0.2) is 28.0 Å². The van der Waals surface area contributed by atoms with Crippen molar-refractivity contribution >= 4 is 16.9 Å². The number of methoxy groups -OCH3 is 1. The van der Waals surface area contributed by atoms with Gasteiger partial charge >= 0.3 is 5.97 Å². The fraction of sp³-hybridized carbons (Fsp3) is 0.0909. The number of hydrogen-bond acceptors (Lipinski definition) is 3. The Kier molecular flexibility index (Phi) is 4.91. The highest BCUT2D eigenvalue weighted by Gasteiger charge is 2.21. The topological polar surface area (TPSA) is 64.4 Å². The third-order valence-electron chi connectivity index (χ3n) is 4.80. The van der Waals surface area contributed by atoms with E-state index in [1.807, 2.05) is 0 Å². The van der Waals surface area contributed by atoms with Gasteiger partial charge in [0.15, 0.2) is 0 Å². The van der Waals surface area contributed by atoms with E-state index in [4.69, 9.17) is 9.84 Å². The van der Waals surface area contributed by atoms with Gasteiger partial charge in [0.1, 0.15) is 28.9 Å². The van der Waals surface area contributed by atoms with Crippen molar-refractivity contribution in [2.45, 2.75) is 6.54 Å². The summed E-state index contributed by atoms with van der Waals surface area (Å²) < 4.78 is 50.3. The maximum atomic E-state index is 14.7. The van der Waals surface area contributed by atoms with Crippen molar-refractivity contribution in [1.82, 2.24) is 9.78 Å². The minimum Gasteiger partial charge on any atom is -0.496 e. The molecule has 152 valence electrons. The highest BCUT2D eigenvalue weighted by Crippen LogP contribution is 2.33. The van der Waals surface area contributed by atoms with Crippen LogP contribution in [0, 0.1) is 17.5 Å². The summed E-state index contributed by atoms with van der Waals surface area (Å²) in [5.41, 5.74) is 0.234. The lowest BCUT2D eigenvalue weighted by molar-refractivity contribution is 0.0696. The zero-order valence-corrected chi connectivity index (χ0v) is 15.7. The number of aromatic carboxylic acids is 1. The average Bonchev–Trinajstić information content (AvgIpc) is 3.09. The third-order valence-corrected chi connectivity index (χ3v) is 4.80. The molecular formula is C22H15F3N2O3.